The maximum Gasteiger partial charge on any atom is 0.380 e. The molecule has 11 heteroatoms. The molecule has 4 aromatic rings. The van der Waals surface area contributed by atoms with Crippen LogP contribution in [0.25, 0.3) is 22.1 Å². The third-order valence-corrected chi connectivity index (χ3v) is 5.17. The Balaban J connectivity index is 1.51. The number of carbonyl (C=O) groups is 1. The van der Waals surface area contributed by atoms with E-state index >= 15 is 0 Å². The largest absolute Gasteiger partial charge is 0.422 e. The van der Waals surface area contributed by atoms with Gasteiger partial charge in [0.25, 0.3) is 0 Å². The molecule has 0 unspecified atom stereocenters. The van der Waals surface area contributed by atoms with Crippen molar-refractivity contribution in [1.29, 1.82) is 0 Å². The zero-order valence-electron chi connectivity index (χ0n) is 17.2. The Bertz CT molecular complexity index is 1570. The lowest BCUT2D eigenvalue weighted by Gasteiger charge is -2.08. The van der Waals surface area contributed by atoms with Crippen molar-refractivity contribution in [3.63, 3.8) is 0 Å². The predicted molar refractivity (Wildman–Crippen MR) is 120 cm³/mol. The zero-order chi connectivity index (χ0) is 24.5. The predicted octanol–water partition coefficient (Wildman–Crippen LogP) is 3.50. The first kappa shape index (κ1) is 23.1. The normalized spacial score (nSPS) is 11.4. The van der Waals surface area contributed by atoms with Crippen molar-refractivity contribution < 1.29 is 30.6 Å². The number of fused-ring (bicyclic) bond motifs is 1. The highest BCUT2D eigenvalue weighted by molar-refractivity contribution is 7.84. The molecule has 0 aliphatic carbocycles. The Morgan fingerprint density at radius 3 is 2.38 bits per heavy atom. The molecule has 4 rings (SSSR count). The van der Waals surface area contributed by atoms with Crippen molar-refractivity contribution in [3.05, 3.63) is 94.3 Å². The summed E-state index contributed by atoms with van der Waals surface area (Å²) in [4.78, 5) is 24.7. The van der Waals surface area contributed by atoms with E-state index in [4.69, 9.17) is 9.56 Å². The Hall–Kier alpha value is -4.09. The smallest absolute Gasteiger partial charge is 0.380 e. The van der Waals surface area contributed by atoms with E-state index in [-0.39, 0.29) is 23.3 Å². The molecule has 0 saturated carbocycles. The summed E-state index contributed by atoms with van der Waals surface area (Å²) in [7, 11) is -4.22. The lowest BCUT2D eigenvalue weighted by atomic mass is 10.1. The van der Waals surface area contributed by atoms with Crippen LogP contribution >= 0.6 is 0 Å². The second-order valence-corrected chi connectivity index (χ2v) is 8.43. The van der Waals surface area contributed by atoms with Gasteiger partial charge in [-0.3, -0.25) is 4.79 Å². The molecule has 0 radical (unpaired) electrons. The van der Waals surface area contributed by atoms with E-state index in [1.165, 1.54) is 24.3 Å². The van der Waals surface area contributed by atoms with Gasteiger partial charge in [0.05, 0.1) is 12.0 Å². The highest BCUT2D eigenvalue weighted by atomic mass is 32.2. The van der Waals surface area contributed by atoms with Crippen LogP contribution in [0.5, 0.6) is 5.75 Å². The van der Waals surface area contributed by atoms with Gasteiger partial charge in [-0.25, -0.2) is 13.6 Å². The summed E-state index contributed by atoms with van der Waals surface area (Å²) in [5, 5.41) is 7.99. The van der Waals surface area contributed by atoms with Crippen LogP contribution in [0, 0.1) is 11.6 Å². The molecule has 0 saturated heterocycles. The topological polar surface area (TPSA) is 129 Å². The molecule has 1 aromatic heterocycles. The second kappa shape index (κ2) is 9.04. The quantitative estimate of drug-likeness (QED) is 0.402. The molecule has 1 heterocycles. The van der Waals surface area contributed by atoms with Crippen LogP contribution in [0.2, 0.25) is 0 Å². The number of halogens is 2. The molecule has 34 heavy (non-hydrogen) atoms. The van der Waals surface area contributed by atoms with Gasteiger partial charge in [0, 0.05) is 17.1 Å². The number of benzene rings is 3. The maximum absolute atomic E-state index is 13.3. The van der Waals surface area contributed by atoms with Crippen LogP contribution in [0.4, 0.5) is 14.5 Å². The van der Waals surface area contributed by atoms with E-state index in [9.17, 15) is 26.8 Å². The number of carbonyl (C=O) groups excluding carboxylic acids is 1. The third kappa shape index (κ3) is 5.45. The summed E-state index contributed by atoms with van der Waals surface area (Å²) < 4.78 is 58.3. The van der Waals surface area contributed by atoms with E-state index in [2.05, 4.69) is 9.50 Å². The lowest BCUT2D eigenvalue weighted by Crippen LogP contribution is -2.18. The summed E-state index contributed by atoms with van der Waals surface area (Å²) >= 11 is 0. The number of anilines is 1. The summed E-state index contributed by atoms with van der Waals surface area (Å²) in [6.07, 6.45) is -0.148. The van der Waals surface area contributed by atoms with Crippen LogP contribution < -0.4 is 20.3 Å². The van der Waals surface area contributed by atoms with E-state index in [1.807, 2.05) is 0 Å². The number of hydrogen-bond acceptors (Lipinski definition) is 6. The summed E-state index contributed by atoms with van der Waals surface area (Å²) in [5.74, 6) is -2.55. The Labute approximate surface area is 191 Å². The standard InChI is InChI=1S/C23H16F2N2O6S/c24-19-8-1-13(9-20(19)25)10-22(28)27-16-5-2-14(3-6-16)18-11-15-4-7-17(33-34(26,30)31)12-21(15)32-23(18)29/h1-9,11-12H,10H2,(H,27,28)(H2,26,30,31). The zero-order valence-corrected chi connectivity index (χ0v) is 18.1. The van der Waals surface area contributed by atoms with Crippen LogP contribution in [0.1, 0.15) is 5.56 Å². The van der Waals surface area contributed by atoms with Gasteiger partial charge in [-0.1, -0.05) is 18.2 Å². The average Bonchev–Trinajstić information content (AvgIpc) is 2.75. The summed E-state index contributed by atoms with van der Waals surface area (Å²) in [6.45, 7) is 0. The van der Waals surface area contributed by atoms with Crippen molar-refractivity contribution in [2.45, 2.75) is 6.42 Å². The molecule has 3 N–H and O–H groups in total. The number of hydrogen-bond donors (Lipinski definition) is 2. The SMILES string of the molecule is NS(=O)(=O)Oc1ccc2cc(-c3ccc(NC(=O)Cc4ccc(F)c(F)c4)cc3)c(=O)oc2c1. The Morgan fingerprint density at radius 2 is 1.71 bits per heavy atom. The van der Waals surface area contributed by atoms with Gasteiger partial charge in [-0.2, -0.15) is 13.6 Å². The first-order valence-electron chi connectivity index (χ1n) is 9.72. The van der Waals surface area contributed by atoms with Gasteiger partial charge in [0.2, 0.25) is 5.91 Å². The summed E-state index contributed by atoms with van der Waals surface area (Å²) in [6, 6.07) is 15.3. The summed E-state index contributed by atoms with van der Waals surface area (Å²) in [5.41, 5.74) is 0.948. The lowest BCUT2D eigenvalue weighted by molar-refractivity contribution is -0.115. The number of nitrogens with one attached hydrogen (secondary N) is 1. The molecule has 174 valence electrons. The van der Waals surface area contributed by atoms with Gasteiger partial charge >= 0.3 is 15.9 Å². The highest BCUT2D eigenvalue weighted by Crippen LogP contribution is 2.26. The molecular weight excluding hydrogens is 470 g/mol. The number of rotatable bonds is 6. The average molecular weight is 486 g/mol. The molecule has 0 aliphatic rings. The third-order valence-electron chi connectivity index (χ3n) is 4.75. The van der Waals surface area contributed by atoms with Gasteiger partial charge < -0.3 is 13.9 Å². The van der Waals surface area contributed by atoms with Crippen LogP contribution in [-0.4, -0.2) is 14.3 Å². The van der Waals surface area contributed by atoms with Crippen molar-refractivity contribution in [1.82, 2.24) is 0 Å². The van der Waals surface area contributed by atoms with Crippen molar-refractivity contribution in [2.75, 3.05) is 5.32 Å². The fourth-order valence-electron chi connectivity index (χ4n) is 3.25. The molecule has 0 atom stereocenters. The first-order chi connectivity index (χ1) is 16.1. The molecule has 0 spiro atoms. The Morgan fingerprint density at radius 1 is 0.971 bits per heavy atom. The highest BCUT2D eigenvalue weighted by Gasteiger charge is 2.12. The molecule has 0 aliphatic heterocycles. The minimum atomic E-state index is -4.22. The van der Waals surface area contributed by atoms with Crippen molar-refractivity contribution >= 4 is 32.9 Å². The second-order valence-electron chi connectivity index (χ2n) is 7.27. The Kier molecular flexibility index (Phi) is 6.14. The van der Waals surface area contributed by atoms with Gasteiger partial charge in [-0.15, -0.1) is 0 Å². The molecule has 0 fully saturated rings. The monoisotopic (exact) mass is 486 g/mol. The van der Waals surface area contributed by atoms with Crippen LogP contribution in [0.3, 0.4) is 0 Å². The van der Waals surface area contributed by atoms with Crippen LogP contribution in [0.15, 0.2) is 75.9 Å². The van der Waals surface area contributed by atoms with Crippen molar-refractivity contribution in [2.24, 2.45) is 5.14 Å². The fourth-order valence-corrected chi connectivity index (χ4v) is 3.62. The van der Waals surface area contributed by atoms with E-state index in [0.717, 1.165) is 12.1 Å². The van der Waals surface area contributed by atoms with Crippen molar-refractivity contribution in [3.8, 4) is 16.9 Å². The molecule has 3 aromatic carbocycles. The minimum absolute atomic E-state index is 0.102. The van der Waals surface area contributed by atoms with E-state index < -0.39 is 33.5 Å². The molecule has 0 bridgehead atoms. The molecule has 1 amide bonds. The van der Waals surface area contributed by atoms with Crippen LogP contribution in [-0.2, 0) is 21.5 Å². The van der Waals surface area contributed by atoms with E-state index in [0.29, 0.717) is 22.2 Å². The number of amides is 1. The number of nitrogens with two attached hydrogens (primary N) is 1. The first-order valence-corrected chi connectivity index (χ1v) is 11.2. The fraction of sp³-hybridized carbons (Fsp3) is 0.0435. The minimum Gasteiger partial charge on any atom is -0.422 e. The molecule has 8 nitrogen and oxygen atoms in total. The van der Waals surface area contributed by atoms with Gasteiger partial charge in [0.15, 0.2) is 11.6 Å². The maximum atomic E-state index is 13.3. The molecular formula is C23H16F2N2O6S. The van der Waals surface area contributed by atoms with Gasteiger partial charge in [-0.05, 0) is 53.6 Å². The van der Waals surface area contributed by atoms with Gasteiger partial charge in [0.1, 0.15) is 11.3 Å². The van der Waals surface area contributed by atoms with E-state index in [1.54, 1.807) is 30.3 Å².